The number of likely N-dealkylation sites (tertiary alicyclic amines) is 1. The molecule has 3 aliphatic heterocycles. The minimum absolute atomic E-state index is 0.0195. The number of nitrogens with one attached hydrogen (secondary N) is 1. The van der Waals surface area contributed by atoms with Crippen LogP contribution in [0.25, 0.3) is 11.1 Å². The number of piperidine rings is 1. The minimum Gasteiger partial charge on any atom is -0.398 e. The van der Waals surface area contributed by atoms with Gasteiger partial charge in [-0.2, -0.15) is 5.10 Å². The first-order chi connectivity index (χ1) is 20.7. The van der Waals surface area contributed by atoms with E-state index in [0.717, 1.165) is 99.8 Å². The number of carbonyl (C=O) groups excluding carboxylic acids is 1. The number of hydrogen-bond donors (Lipinski definition) is 2. The number of amides is 1. The summed E-state index contributed by atoms with van der Waals surface area (Å²) in [5.74, 6) is 1.01. The van der Waals surface area contributed by atoms with E-state index in [1.54, 1.807) is 0 Å². The summed E-state index contributed by atoms with van der Waals surface area (Å²) >= 11 is 7.10. The van der Waals surface area contributed by atoms with Crippen molar-refractivity contribution in [2.75, 3.05) is 56.6 Å². The van der Waals surface area contributed by atoms with Crippen LogP contribution in [-0.4, -0.2) is 89.2 Å². The van der Waals surface area contributed by atoms with Crippen LogP contribution in [0.5, 0.6) is 0 Å². The molecule has 2 aliphatic carbocycles. The zero-order valence-corrected chi connectivity index (χ0v) is 26.3. The van der Waals surface area contributed by atoms with Crippen LogP contribution in [-0.2, 0) is 9.53 Å². The molecule has 3 N–H and O–H groups in total. The monoisotopic (exact) mass is 605 g/mol. The Balaban J connectivity index is 1.27. The second kappa shape index (κ2) is 10.6. The number of benzene rings is 1. The van der Waals surface area contributed by atoms with E-state index in [2.05, 4.69) is 28.0 Å². The van der Waals surface area contributed by atoms with Crippen molar-refractivity contribution < 1.29 is 9.53 Å². The van der Waals surface area contributed by atoms with Crippen molar-refractivity contribution in [2.45, 2.75) is 76.4 Å². The van der Waals surface area contributed by atoms with Gasteiger partial charge in [-0.3, -0.25) is 14.4 Å². The molecule has 5 aliphatic rings. The lowest BCUT2D eigenvalue weighted by molar-refractivity contribution is -0.149. The number of ether oxygens (including phenoxy) is 1. The molecule has 2 aromatic rings. The first-order valence-corrected chi connectivity index (χ1v) is 16.3. The van der Waals surface area contributed by atoms with Gasteiger partial charge in [0.2, 0.25) is 5.91 Å². The average Bonchev–Trinajstić information content (AvgIpc) is 3.28. The molecule has 0 bridgehead atoms. The van der Waals surface area contributed by atoms with E-state index in [-0.39, 0.29) is 22.9 Å². The molecule has 43 heavy (non-hydrogen) atoms. The molecule has 3 saturated heterocycles. The van der Waals surface area contributed by atoms with Crippen LogP contribution in [0.2, 0.25) is 5.02 Å². The molecular formula is C33H44ClN7O2. The Morgan fingerprint density at radius 1 is 1.14 bits per heavy atom. The van der Waals surface area contributed by atoms with Gasteiger partial charge in [0.05, 0.1) is 24.3 Å². The molecule has 1 unspecified atom stereocenters. The van der Waals surface area contributed by atoms with Gasteiger partial charge in [0.25, 0.3) is 0 Å². The fraction of sp³-hybridized carbons (Fsp3) is 0.606. The summed E-state index contributed by atoms with van der Waals surface area (Å²) in [4.78, 5) is 19.2. The highest BCUT2D eigenvalue weighted by Crippen LogP contribution is 2.56. The summed E-state index contributed by atoms with van der Waals surface area (Å²) in [6, 6.07) is 2.70. The molecule has 1 atom stereocenters. The van der Waals surface area contributed by atoms with Crippen LogP contribution < -0.4 is 10.6 Å². The van der Waals surface area contributed by atoms with E-state index < -0.39 is 0 Å². The standard InChI is InChI=1S/C33H44ClN7O2/c1-4-27(42)39-19-32(20-39)15-24(16-32)41-22(3)28(29-25(18-35)26(36)14-21(2)30(29)34)31(37-41)40-9-6-23(17-33(40)7-5-8-33)38-10-12-43-13-11-38/h4,14,18,23-24,35H,1,5-13,15-17,19-20,36H2,2-3H3. The maximum absolute atomic E-state index is 12.1. The van der Waals surface area contributed by atoms with Crippen molar-refractivity contribution in [3.63, 3.8) is 0 Å². The smallest absolute Gasteiger partial charge is 0.245 e. The molecule has 5 fully saturated rings. The SMILES string of the molecule is C=CC(=O)N1CC2(CC(n3nc(N4CCC(N5CCOCC5)CC45CCC5)c(-c4c(Cl)c(C)cc(N)c4C=N)c3C)C2)C1. The molecule has 1 aromatic carbocycles. The molecule has 2 spiro atoms. The van der Waals surface area contributed by atoms with Crippen molar-refractivity contribution in [3.8, 4) is 11.1 Å². The number of carbonyl (C=O) groups is 1. The molecule has 1 aromatic heterocycles. The summed E-state index contributed by atoms with van der Waals surface area (Å²) in [5.41, 5.74) is 11.8. The predicted molar refractivity (Wildman–Crippen MR) is 171 cm³/mol. The van der Waals surface area contributed by atoms with Gasteiger partial charge in [-0.05, 0) is 76.5 Å². The van der Waals surface area contributed by atoms with E-state index >= 15 is 0 Å². The van der Waals surface area contributed by atoms with E-state index in [0.29, 0.717) is 22.3 Å². The second-order valence-corrected chi connectivity index (χ2v) is 14.1. The fourth-order valence-electron chi connectivity index (χ4n) is 8.80. The Kier molecular flexibility index (Phi) is 7.14. The number of aryl methyl sites for hydroxylation is 1. The molecule has 4 heterocycles. The van der Waals surface area contributed by atoms with Crippen LogP contribution in [0.4, 0.5) is 11.5 Å². The quantitative estimate of drug-likeness (QED) is 0.274. The van der Waals surface area contributed by atoms with Gasteiger partial charge < -0.3 is 25.7 Å². The third kappa shape index (κ3) is 4.53. The maximum atomic E-state index is 12.1. The van der Waals surface area contributed by atoms with Gasteiger partial charge in [0, 0.05) is 84.0 Å². The molecule has 2 saturated carbocycles. The normalized spacial score (nSPS) is 24.9. The number of rotatable bonds is 6. The molecule has 230 valence electrons. The first-order valence-electron chi connectivity index (χ1n) is 15.9. The Morgan fingerprint density at radius 2 is 1.86 bits per heavy atom. The number of anilines is 2. The third-order valence-electron chi connectivity index (χ3n) is 11.2. The summed E-state index contributed by atoms with van der Waals surface area (Å²) in [7, 11) is 0. The third-order valence-corrected chi connectivity index (χ3v) is 11.7. The number of hydrogen-bond acceptors (Lipinski definition) is 7. The van der Waals surface area contributed by atoms with E-state index in [1.165, 1.54) is 31.6 Å². The van der Waals surface area contributed by atoms with Gasteiger partial charge in [-0.1, -0.05) is 18.2 Å². The average molecular weight is 606 g/mol. The van der Waals surface area contributed by atoms with E-state index in [9.17, 15) is 4.79 Å². The Bertz CT molecular complexity index is 1460. The Morgan fingerprint density at radius 3 is 2.49 bits per heavy atom. The van der Waals surface area contributed by atoms with Crippen molar-refractivity contribution in [3.05, 3.63) is 40.6 Å². The summed E-state index contributed by atoms with van der Waals surface area (Å²) < 4.78 is 7.90. The number of nitrogens with zero attached hydrogens (tertiary/aromatic N) is 5. The van der Waals surface area contributed by atoms with Gasteiger partial charge >= 0.3 is 0 Å². The van der Waals surface area contributed by atoms with Crippen LogP contribution in [0.1, 0.15) is 67.8 Å². The molecule has 0 radical (unpaired) electrons. The zero-order chi connectivity index (χ0) is 30.1. The highest BCUT2D eigenvalue weighted by atomic mass is 35.5. The van der Waals surface area contributed by atoms with Gasteiger partial charge in [-0.25, -0.2) is 0 Å². The number of halogens is 1. The van der Waals surface area contributed by atoms with Crippen LogP contribution in [0.15, 0.2) is 18.7 Å². The topological polar surface area (TPSA) is 104 Å². The lowest BCUT2D eigenvalue weighted by atomic mass is 9.60. The van der Waals surface area contributed by atoms with Crippen LogP contribution in [0.3, 0.4) is 0 Å². The van der Waals surface area contributed by atoms with Crippen LogP contribution >= 0.6 is 11.6 Å². The van der Waals surface area contributed by atoms with Crippen molar-refractivity contribution >= 4 is 35.2 Å². The van der Waals surface area contributed by atoms with Crippen molar-refractivity contribution in [1.82, 2.24) is 19.6 Å². The highest BCUT2D eigenvalue weighted by molar-refractivity contribution is 6.35. The highest BCUT2D eigenvalue weighted by Gasteiger charge is 2.55. The Labute approximate surface area is 259 Å². The van der Waals surface area contributed by atoms with Gasteiger partial charge in [0.1, 0.15) is 0 Å². The fourth-order valence-corrected chi connectivity index (χ4v) is 9.05. The number of aromatic nitrogens is 2. The maximum Gasteiger partial charge on any atom is 0.245 e. The lowest BCUT2D eigenvalue weighted by Gasteiger charge is -2.59. The molecular weight excluding hydrogens is 562 g/mol. The molecule has 9 nitrogen and oxygen atoms in total. The Hall–Kier alpha value is -2.88. The second-order valence-electron chi connectivity index (χ2n) is 13.7. The zero-order valence-electron chi connectivity index (χ0n) is 25.5. The summed E-state index contributed by atoms with van der Waals surface area (Å²) in [6.07, 6.45) is 10.6. The molecule has 1 amide bonds. The largest absolute Gasteiger partial charge is 0.398 e. The molecule has 7 rings (SSSR count). The molecule has 10 heteroatoms. The number of nitrogens with two attached hydrogens (primary N) is 1. The van der Waals surface area contributed by atoms with Crippen LogP contribution in [0, 0.1) is 24.7 Å². The first kappa shape index (κ1) is 28.9. The number of nitrogen functional groups attached to an aromatic ring is 1. The summed E-state index contributed by atoms with van der Waals surface area (Å²) in [5, 5.41) is 14.4. The van der Waals surface area contributed by atoms with Gasteiger partial charge in [0.15, 0.2) is 5.82 Å². The van der Waals surface area contributed by atoms with Crippen molar-refractivity contribution in [1.29, 1.82) is 5.41 Å². The lowest BCUT2D eigenvalue weighted by Crippen LogP contribution is -2.63. The van der Waals surface area contributed by atoms with E-state index in [1.807, 2.05) is 17.9 Å². The predicted octanol–water partition coefficient (Wildman–Crippen LogP) is 4.97. The minimum atomic E-state index is 0.0195. The van der Waals surface area contributed by atoms with Crippen molar-refractivity contribution in [2.24, 2.45) is 5.41 Å². The van der Waals surface area contributed by atoms with E-state index in [4.69, 9.17) is 32.6 Å². The number of morpholine rings is 1. The summed E-state index contributed by atoms with van der Waals surface area (Å²) in [6.45, 7) is 14.0. The van der Waals surface area contributed by atoms with Gasteiger partial charge in [-0.15, -0.1) is 0 Å².